The SMILES string of the molecule is C=C.C=CC.C[CH2][Al].C[CH2][Al].Cl.Cl.Cl. The topological polar surface area (TPSA) is 0 Å². The van der Waals surface area contributed by atoms with Crippen molar-refractivity contribution in [3.05, 3.63) is 25.8 Å². The first-order valence-corrected chi connectivity index (χ1v) is 5.35. The van der Waals surface area contributed by atoms with Gasteiger partial charge in [0, 0.05) is 0 Å². The number of rotatable bonds is 0. The molecule has 0 aliphatic heterocycles. The summed E-state index contributed by atoms with van der Waals surface area (Å²) < 4.78 is 0. The summed E-state index contributed by atoms with van der Waals surface area (Å²) in [7, 11) is 0. The van der Waals surface area contributed by atoms with Crippen molar-refractivity contribution in [1.29, 1.82) is 0 Å². The van der Waals surface area contributed by atoms with Crippen LogP contribution in [0.25, 0.3) is 0 Å². The molecule has 0 aromatic carbocycles. The van der Waals surface area contributed by atoms with Gasteiger partial charge in [-0.3, -0.25) is 0 Å². The zero-order valence-electron chi connectivity index (χ0n) is 9.49. The Morgan fingerprint density at radius 1 is 0.929 bits per heavy atom. The van der Waals surface area contributed by atoms with Gasteiger partial charge in [0.2, 0.25) is 0 Å². The van der Waals surface area contributed by atoms with Crippen LogP contribution in [0.3, 0.4) is 0 Å². The molecule has 0 bridgehead atoms. The lowest BCUT2D eigenvalue weighted by atomic mass is 10.8. The average Bonchev–Trinajstić information content (AvgIpc) is 1.96. The summed E-state index contributed by atoms with van der Waals surface area (Å²) in [5, 5.41) is 2.33. The van der Waals surface area contributed by atoms with Crippen LogP contribution >= 0.6 is 37.2 Å². The maximum Gasteiger partial charge on any atom is 0.117 e. The first-order valence-electron chi connectivity index (χ1n) is 3.72. The Hall–Kier alpha value is 1.41. The number of allylic oxidation sites excluding steroid dienone is 1. The van der Waals surface area contributed by atoms with E-state index in [1.54, 1.807) is 6.08 Å². The molecular formula is C9H23Al2Cl3. The largest absolute Gasteiger partial charge is 0.147 e. The summed E-state index contributed by atoms with van der Waals surface area (Å²) in [5.41, 5.74) is 0. The lowest BCUT2D eigenvalue weighted by Crippen LogP contribution is -1.41. The van der Waals surface area contributed by atoms with Gasteiger partial charge in [-0.1, -0.05) is 19.9 Å². The lowest BCUT2D eigenvalue weighted by Gasteiger charge is -1.47. The fraction of sp³-hybridized carbons (Fsp3) is 0.556. The van der Waals surface area contributed by atoms with Gasteiger partial charge >= 0.3 is 0 Å². The highest BCUT2D eigenvalue weighted by Crippen LogP contribution is 1.49. The van der Waals surface area contributed by atoms with Crippen LogP contribution in [-0.4, -0.2) is 32.6 Å². The number of halogens is 3. The van der Waals surface area contributed by atoms with Gasteiger partial charge in [-0.25, -0.2) is 0 Å². The molecule has 0 fully saturated rings. The van der Waals surface area contributed by atoms with Crippen molar-refractivity contribution in [3.8, 4) is 0 Å². The first-order chi connectivity index (χ1) is 5.24. The third-order valence-electron chi connectivity index (χ3n) is 0. The molecule has 0 aliphatic carbocycles. The zero-order chi connectivity index (χ0) is 10.1. The summed E-state index contributed by atoms with van der Waals surface area (Å²) in [6, 6.07) is 0. The highest BCUT2D eigenvalue weighted by molar-refractivity contribution is 6.08. The Morgan fingerprint density at radius 2 is 0.929 bits per heavy atom. The molecule has 0 heterocycles. The van der Waals surface area contributed by atoms with Crippen molar-refractivity contribution < 1.29 is 0 Å². The minimum Gasteiger partial charge on any atom is -0.147 e. The molecule has 0 aromatic heterocycles. The molecule has 0 rings (SSSR count). The van der Waals surface area contributed by atoms with Crippen LogP contribution in [-0.2, 0) is 0 Å². The molecule has 0 nitrogen and oxygen atoms in total. The normalized spacial score (nSPS) is 3.64. The van der Waals surface area contributed by atoms with Crippen molar-refractivity contribution >= 4 is 69.8 Å². The Morgan fingerprint density at radius 3 is 0.929 bits per heavy atom. The van der Waals surface area contributed by atoms with Crippen LogP contribution in [0.15, 0.2) is 25.8 Å². The standard InChI is InChI=1S/C3H6.2C2H5.C2H4.2Al.3ClH/c1-3-2;3*1-2;;;;;/h3H,1H2,2H3;2*1H2,2H3;1-2H2;;;3*1H. The molecule has 0 aliphatic rings. The molecule has 0 N–H and O–H groups in total. The van der Waals surface area contributed by atoms with Crippen LogP contribution in [0, 0.1) is 0 Å². The third-order valence-corrected chi connectivity index (χ3v) is 0. The third kappa shape index (κ3) is 1030. The average molecular weight is 292 g/mol. The van der Waals surface area contributed by atoms with Crippen molar-refractivity contribution in [2.45, 2.75) is 31.3 Å². The van der Waals surface area contributed by atoms with Gasteiger partial charge in [0.1, 0.15) is 32.6 Å². The van der Waals surface area contributed by atoms with Gasteiger partial charge < -0.3 is 0 Å². The Balaban J connectivity index is -0.00000000880. The van der Waals surface area contributed by atoms with Gasteiger partial charge in [0.05, 0.1) is 0 Å². The molecule has 0 saturated heterocycles. The Labute approximate surface area is 126 Å². The molecule has 0 amide bonds. The van der Waals surface area contributed by atoms with Gasteiger partial charge in [-0.2, -0.15) is 0 Å². The summed E-state index contributed by atoms with van der Waals surface area (Å²) in [6.07, 6.45) is 1.75. The van der Waals surface area contributed by atoms with Gasteiger partial charge in [-0.15, -0.1) is 67.5 Å². The predicted octanol–water partition coefficient (Wildman–Crippen LogP) is 4.45. The van der Waals surface area contributed by atoms with E-state index in [2.05, 4.69) is 66.2 Å². The second kappa shape index (κ2) is 133. The second-order valence-corrected chi connectivity index (χ2v) is 2.86. The first kappa shape index (κ1) is 45.2. The molecular weight excluding hydrogens is 268 g/mol. The highest BCUT2D eigenvalue weighted by atomic mass is 35.5. The van der Waals surface area contributed by atoms with E-state index in [1.165, 1.54) is 10.6 Å². The van der Waals surface area contributed by atoms with Crippen molar-refractivity contribution in [1.82, 2.24) is 0 Å². The van der Waals surface area contributed by atoms with Gasteiger partial charge in [0.15, 0.2) is 0 Å². The lowest BCUT2D eigenvalue weighted by molar-refractivity contribution is 1.48. The minimum absolute atomic E-state index is 0. The van der Waals surface area contributed by atoms with Crippen molar-refractivity contribution in [2.24, 2.45) is 0 Å². The summed E-state index contributed by atoms with van der Waals surface area (Å²) in [4.78, 5) is 0. The minimum atomic E-state index is 0. The number of hydrogen-bond acceptors (Lipinski definition) is 0. The Kier molecular flexibility index (Phi) is 430. The molecule has 5 heteroatoms. The maximum atomic E-state index is 3.36. The van der Waals surface area contributed by atoms with E-state index >= 15 is 0 Å². The monoisotopic (exact) mass is 290 g/mol. The van der Waals surface area contributed by atoms with E-state index in [4.69, 9.17) is 0 Å². The fourth-order valence-electron chi connectivity index (χ4n) is 0. The molecule has 0 aromatic rings. The van der Waals surface area contributed by atoms with Crippen LogP contribution in [0.5, 0.6) is 0 Å². The van der Waals surface area contributed by atoms with E-state index in [9.17, 15) is 0 Å². The van der Waals surface area contributed by atoms with Crippen LogP contribution < -0.4 is 0 Å². The van der Waals surface area contributed by atoms with Crippen LogP contribution in [0.1, 0.15) is 20.8 Å². The molecule has 14 heavy (non-hydrogen) atoms. The van der Waals surface area contributed by atoms with Crippen LogP contribution in [0.2, 0.25) is 10.6 Å². The van der Waals surface area contributed by atoms with E-state index in [0.29, 0.717) is 0 Å². The highest BCUT2D eigenvalue weighted by Gasteiger charge is 1.37. The molecule has 0 atom stereocenters. The summed E-state index contributed by atoms with van der Waals surface area (Å²) in [5.74, 6) is 0. The van der Waals surface area contributed by atoms with E-state index in [-0.39, 0.29) is 37.2 Å². The molecule has 0 spiro atoms. The van der Waals surface area contributed by atoms with E-state index in [1.807, 2.05) is 6.92 Å². The van der Waals surface area contributed by atoms with Gasteiger partial charge in [0.25, 0.3) is 0 Å². The molecule has 4 radical (unpaired) electrons. The quantitative estimate of drug-likeness (QED) is 0.457. The van der Waals surface area contributed by atoms with Gasteiger partial charge in [-0.05, 0) is 6.92 Å². The van der Waals surface area contributed by atoms with Crippen molar-refractivity contribution in [2.75, 3.05) is 0 Å². The summed E-state index contributed by atoms with van der Waals surface area (Å²) >= 11 is 5.16. The predicted molar refractivity (Wildman–Crippen MR) is 81.3 cm³/mol. The molecule has 0 unspecified atom stereocenters. The second-order valence-electron chi connectivity index (χ2n) is 1.22. The Bertz CT molecular complexity index is 45.0. The number of hydrogen-bond donors (Lipinski definition) is 0. The fourth-order valence-corrected chi connectivity index (χ4v) is 0. The van der Waals surface area contributed by atoms with E-state index < -0.39 is 0 Å². The zero-order valence-corrected chi connectivity index (χ0v) is 14.3. The molecule has 86 valence electrons. The van der Waals surface area contributed by atoms with E-state index in [0.717, 1.165) is 0 Å². The smallest absolute Gasteiger partial charge is 0.117 e. The van der Waals surface area contributed by atoms with Crippen molar-refractivity contribution in [3.63, 3.8) is 0 Å². The summed E-state index contributed by atoms with van der Waals surface area (Å²) in [6.45, 7) is 15.4. The maximum absolute atomic E-state index is 3.36. The van der Waals surface area contributed by atoms with Crippen LogP contribution in [0.4, 0.5) is 0 Å². The molecule has 0 saturated carbocycles.